The Labute approximate surface area is 129 Å². The van der Waals surface area contributed by atoms with Gasteiger partial charge in [-0.2, -0.15) is 13.2 Å². The summed E-state index contributed by atoms with van der Waals surface area (Å²) >= 11 is 0. The Kier molecular flexibility index (Phi) is 3.47. The average Bonchev–Trinajstić information content (AvgIpc) is 2.52. The molecule has 23 heavy (non-hydrogen) atoms. The highest BCUT2D eigenvalue weighted by molar-refractivity contribution is 6.13. The second kappa shape index (κ2) is 5.22. The van der Waals surface area contributed by atoms with Gasteiger partial charge in [0, 0.05) is 10.8 Å². The molecule has 0 aliphatic heterocycles. The molecule has 3 nitrogen and oxygen atoms in total. The van der Waals surface area contributed by atoms with Crippen LogP contribution in [0.4, 0.5) is 13.2 Å². The van der Waals surface area contributed by atoms with E-state index in [0.29, 0.717) is 16.3 Å². The van der Waals surface area contributed by atoms with Crippen LogP contribution in [0.5, 0.6) is 0 Å². The number of benzene rings is 2. The molecule has 3 aromatic rings. The second-order valence-corrected chi connectivity index (χ2v) is 5.23. The van der Waals surface area contributed by atoms with Crippen molar-refractivity contribution in [3.8, 4) is 0 Å². The van der Waals surface area contributed by atoms with Gasteiger partial charge in [0.1, 0.15) is 0 Å². The highest BCUT2D eigenvalue weighted by atomic mass is 19.4. The molecule has 0 radical (unpaired) electrons. The Balaban J connectivity index is 2.46. The van der Waals surface area contributed by atoms with Crippen LogP contribution in [0, 0.1) is 6.92 Å². The molecule has 0 fully saturated rings. The summed E-state index contributed by atoms with van der Waals surface area (Å²) in [6.07, 6.45) is -4.50. The number of ether oxygens (including phenoxy) is 1. The van der Waals surface area contributed by atoms with Crippen LogP contribution in [-0.4, -0.2) is 18.1 Å². The van der Waals surface area contributed by atoms with Gasteiger partial charge in [0.05, 0.1) is 18.2 Å². The molecule has 6 heteroatoms. The summed E-state index contributed by atoms with van der Waals surface area (Å²) in [7, 11) is 1.17. The number of fused-ring (bicyclic) bond motifs is 3. The summed E-state index contributed by atoms with van der Waals surface area (Å²) < 4.78 is 43.6. The molecule has 0 atom stereocenters. The normalized spacial score (nSPS) is 11.9. The third-order valence-corrected chi connectivity index (χ3v) is 3.66. The first-order valence-corrected chi connectivity index (χ1v) is 6.81. The number of aromatic nitrogens is 1. The summed E-state index contributed by atoms with van der Waals surface area (Å²) in [6.45, 7) is 1.88. The third-order valence-electron chi connectivity index (χ3n) is 3.66. The quantitative estimate of drug-likeness (QED) is 0.489. The molecule has 1 aromatic heterocycles. The third kappa shape index (κ3) is 2.60. The van der Waals surface area contributed by atoms with Crippen LogP contribution in [0.1, 0.15) is 21.6 Å². The van der Waals surface area contributed by atoms with Crippen LogP contribution < -0.4 is 0 Å². The van der Waals surface area contributed by atoms with Gasteiger partial charge in [-0.3, -0.25) is 0 Å². The van der Waals surface area contributed by atoms with Crippen molar-refractivity contribution in [2.45, 2.75) is 13.1 Å². The zero-order chi connectivity index (χ0) is 16.8. The molecular weight excluding hydrogens is 307 g/mol. The molecule has 0 N–H and O–H groups in total. The lowest BCUT2D eigenvalue weighted by molar-refractivity contribution is -0.137. The first kappa shape index (κ1) is 15.3. The number of carbonyl (C=O) groups excluding carboxylic acids is 1. The van der Waals surface area contributed by atoms with Crippen molar-refractivity contribution in [3.05, 3.63) is 53.2 Å². The van der Waals surface area contributed by atoms with E-state index in [1.54, 1.807) is 6.07 Å². The van der Waals surface area contributed by atoms with E-state index < -0.39 is 17.7 Å². The van der Waals surface area contributed by atoms with Crippen LogP contribution in [0.25, 0.3) is 21.7 Å². The van der Waals surface area contributed by atoms with Gasteiger partial charge in [0.25, 0.3) is 0 Å². The number of pyridine rings is 1. The lowest BCUT2D eigenvalue weighted by Gasteiger charge is -2.12. The number of hydrogen-bond acceptors (Lipinski definition) is 3. The van der Waals surface area contributed by atoms with Crippen LogP contribution in [-0.2, 0) is 10.9 Å². The number of methoxy groups -OCH3 is 1. The molecule has 0 aliphatic carbocycles. The fourth-order valence-corrected chi connectivity index (χ4v) is 2.55. The van der Waals surface area contributed by atoms with E-state index in [2.05, 4.69) is 9.72 Å². The Bertz CT molecular complexity index is 932. The Morgan fingerprint density at radius 2 is 1.78 bits per heavy atom. The Hall–Kier alpha value is -2.63. The van der Waals surface area contributed by atoms with Crippen molar-refractivity contribution in [1.82, 2.24) is 4.98 Å². The maximum Gasteiger partial charge on any atom is 0.416 e. The number of alkyl halides is 3. The van der Waals surface area contributed by atoms with E-state index in [1.807, 2.05) is 19.1 Å². The van der Waals surface area contributed by atoms with Crippen molar-refractivity contribution in [2.24, 2.45) is 0 Å². The number of esters is 1. The fourth-order valence-electron chi connectivity index (χ4n) is 2.55. The number of nitrogens with zero attached hydrogens (tertiary/aromatic N) is 1. The van der Waals surface area contributed by atoms with E-state index >= 15 is 0 Å². The molecule has 0 amide bonds. The standard InChI is InChI=1S/C17H12F3NO2/c1-9-3-6-14-12(7-9)11-5-4-10(17(18,19)20)8-13(11)15(21-14)16(22)23-2/h3-8H,1-2H3. The number of halogens is 3. The molecule has 0 bridgehead atoms. The predicted molar refractivity (Wildman–Crippen MR) is 80.3 cm³/mol. The van der Waals surface area contributed by atoms with Gasteiger partial charge in [-0.1, -0.05) is 17.7 Å². The average molecular weight is 319 g/mol. The van der Waals surface area contributed by atoms with Gasteiger partial charge in [-0.25, -0.2) is 9.78 Å². The molecule has 0 saturated heterocycles. The van der Waals surface area contributed by atoms with E-state index in [9.17, 15) is 18.0 Å². The van der Waals surface area contributed by atoms with E-state index in [1.165, 1.54) is 13.2 Å². The highest BCUT2D eigenvalue weighted by Crippen LogP contribution is 2.34. The SMILES string of the molecule is COC(=O)c1nc2ccc(C)cc2c2ccc(C(F)(F)F)cc12. The number of hydrogen-bond donors (Lipinski definition) is 0. The molecule has 2 aromatic carbocycles. The van der Waals surface area contributed by atoms with E-state index in [4.69, 9.17) is 0 Å². The lowest BCUT2D eigenvalue weighted by atomic mass is 10.00. The molecule has 0 unspecified atom stereocenters. The fraction of sp³-hybridized carbons (Fsp3) is 0.176. The first-order chi connectivity index (χ1) is 10.8. The maximum absolute atomic E-state index is 13.0. The molecule has 3 rings (SSSR count). The van der Waals surface area contributed by atoms with Crippen molar-refractivity contribution in [3.63, 3.8) is 0 Å². The number of carbonyl (C=O) groups is 1. The van der Waals surface area contributed by atoms with Crippen molar-refractivity contribution >= 4 is 27.6 Å². The summed E-state index contributed by atoms with van der Waals surface area (Å²) in [6, 6.07) is 8.70. The summed E-state index contributed by atoms with van der Waals surface area (Å²) in [5, 5.41) is 1.36. The van der Waals surface area contributed by atoms with Crippen LogP contribution >= 0.6 is 0 Å². The molecule has 0 aliphatic rings. The smallest absolute Gasteiger partial charge is 0.416 e. The predicted octanol–water partition coefficient (Wildman–Crippen LogP) is 4.50. The molecule has 118 valence electrons. The van der Waals surface area contributed by atoms with Crippen LogP contribution in [0.15, 0.2) is 36.4 Å². The Morgan fingerprint density at radius 3 is 2.43 bits per heavy atom. The minimum absolute atomic E-state index is 0.120. The van der Waals surface area contributed by atoms with Gasteiger partial charge >= 0.3 is 12.1 Å². The number of rotatable bonds is 1. The van der Waals surface area contributed by atoms with Crippen LogP contribution in [0.2, 0.25) is 0 Å². The molecule has 0 saturated carbocycles. The van der Waals surface area contributed by atoms with Crippen molar-refractivity contribution < 1.29 is 22.7 Å². The largest absolute Gasteiger partial charge is 0.464 e. The maximum atomic E-state index is 13.0. The van der Waals surface area contributed by atoms with Crippen molar-refractivity contribution in [1.29, 1.82) is 0 Å². The minimum atomic E-state index is -4.50. The Morgan fingerprint density at radius 1 is 1.04 bits per heavy atom. The summed E-state index contributed by atoms with van der Waals surface area (Å²) in [5.74, 6) is -0.767. The van der Waals surface area contributed by atoms with E-state index in [0.717, 1.165) is 17.7 Å². The molecule has 1 heterocycles. The molecule has 0 spiro atoms. The van der Waals surface area contributed by atoms with Gasteiger partial charge < -0.3 is 4.74 Å². The zero-order valence-corrected chi connectivity index (χ0v) is 12.4. The monoisotopic (exact) mass is 319 g/mol. The van der Waals surface area contributed by atoms with Gasteiger partial charge in [0.15, 0.2) is 5.69 Å². The zero-order valence-electron chi connectivity index (χ0n) is 12.4. The summed E-state index contributed by atoms with van der Waals surface area (Å²) in [5.41, 5.74) is 0.531. The second-order valence-electron chi connectivity index (χ2n) is 5.23. The highest BCUT2D eigenvalue weighted by Gasteiger charge is 2.31. The topological polar surface area (TPSA) is 39.2 Å². The van der Waals surface area contributed by atoms with E-state index in [-0.39, 0.29) is 11.1 Å². The van der Waals surface area contributed by atoms with Gasteiger partial charge in [-0.05, 0) is 36.6 Å². The summed E-state index contributed by atoms with van der Waals surface area (Å²) in [4.78, 5) is 16.1. The number of aryl methyl sites for hydroxylation is 1. The van der Waals surface area contributed by atoms with Gasteiger partial charge in [0.2, 0.25) is 0 Å². The van der Waals surface area contributed by atoms with Crippen LogP contribution in [0.3, 0.4) is 0 Å². The van der Waals surface area contributed by atoms with Gasteiger partial charge in [-0.15, -0.1) is 0 Å². The van der Waals surface area contributed by atoms with Crippen molar-refractivity contribution in [2.75, 3.05) is 7.11 Å². The molecular formula is C17H12F3NO2. The first-order valence-electron chi connectivity index (χ1n) is 6.81. The minimum Gasteiger partial charge on any atom is -0.464 e. The lowest BCUT2D eigenvalue weighted by Crippen LogP contribution is -2.08.